The third-order valence-corrected chi connectivity index (χ3v) is 3.57. The van der Waals surface area contributed by atoms with Gasteiger partial charge in [-0.2, -0.15) is 4.99 Å². The van der Waals surface area contributed by atoms with Gasteiger partial charge in [0.15, 0.2) is 6.04 Å². The Kier molecular flexibility index (Phi) is 13.4. The first kappa shape index (κ1) is 18.9. The molecule has 0 aromatic carbocycles. The smallest absolute Gasteiger partial charge is 0.329 e. The van der Waals surface area contributed by atoms with Crippen LogP contribution in [-0.4, -0.2) is 23.2 Å². The second-order valence-electron chi connectivity index (χ2n) is 5.40. The highest BCUT2D eigenvalue weighted by Crippen LogP contribution is 2.13. The molecule has 20 heavy (non-hydrogen) atoms. The van der Waals surface area contributed by atoms with E-state index < -0.39 is 12.0 Å². The van der Waals surface area contributed by atoms with Crippen molar-refractivity contribution >= 4 is 12.0 Å². The molecule has 4 nitrogen and oxygen atoms in total. The van der Waals surface area contributed by atoms with Crippen molar-refractivity contribution < 1.29 is 14.7 Å². The highest BCUT2D eigenvalue weighted by atomic mass is 16.4. The average Bonchev–Trinajstić information content (AvgIpc) is 2.43. The van der Waals surface area contributed by atoms with Gasteiger partial charge in [0, 0.05) is 0 Å². The minimum atomic E-state index is -1.03. The fraction of sp³-hybridized carbons (Fsp3) is 0.875. The van der Waals surface area contributed by atoms with E-state index in [9.17, 15) is 9.59 Å². The third kappa shape index (κ3) is 11.9. The van der Waals surface area contributed by atoms with Crippen LogP contribution in [0.2, 0.25) is 0 Å². The number of isocyanates is 1. The van der Waals surface area contributed by atoms with E-state index in [0.717, 1.165) is 19.3 Å². The molecule has 0 spiro atoms. The van der Waals surface area contributed by atoms with Crippen LogP contribution < -0.4 is 0 Å². The van der Waals surface area contributed by atoms with E-state index in [1.807, 2.05) is 0 Å². The number of rotatable bonds is 14. The Labute approximate surface area is 122 Å². The number of hydrogen-bond acceptors (Lipinski definition) is 3. The summed E-state index contributed by atoms with van der Waals surface area (Å²) in [6.07, 6.45) is 15.3. The highest BCUT2D eigenvalue weighted by molar-refractivity contribution is 5.74. The topological polar surface area (TPSA) is 66.7 Å². The van der Waals surface area contributed by atoms with E-state index in [1.54, 1.807) is 0 Å². The predicted molar refractivity (Wildman–Crippen MR) is 80.6 cm³/mol. The van der Waals surface area contributed by atoms with Crippen LogP contribution in [0.25, 0.3) is 0 Å². The lowest BCUT2D eigenvalue weighted by molar-refractivity contribution is -0.138. The third-order valence-electron chi connectivity index (χ3n) is 3.57. The van der Waals surface area contributed by atoms with Crippen LogP contribution in [0, 0.1) is 0 Å². The second-order valence-corrected chi connectivity index (χ2v) is 5.40. The molecule has 0 aromatic rings. The first-order valence-corrected chi connectivity index (χ1v) is 8.02. The normalized spacial score (nSPS) is 11.8. The molecule has 0 saturated carbocycles. The molecule has 0 aliphatic heterocycles. The molecular formula is C16H29NO3. The van der Waals surface area contributed by atoms with Crippen molar-refractivity contribution in [1.82, 2.24) is 0 Å². The Morgan fingerprint density at radius 2 is 1.40 bits per heavy atom. The minimum Gasteiger partial charge on any atom is -0.480 e. The Balaban J connectivity index is 3.31. The summed E-state index contributed by atoms with van der Waals surface area (Å²) in [4.78, 5) is 24.1. The standard InChI is InChI=1S/C16H29NO3/c1-2-3-4-5-6-7-8-9-10-11-12-13-15(16(19)20)17-14-18/h15H,2-13H2,1H3,(H,19,20)/t15-/m0/s1. The lowest BCUT2D eigenvalue weighted by Crippen LogP contribution is -2.17. The fourth-order valence-corrected chi connectivity index (χ4v) is 2.31. The number of carboxylic acid groups (broad SMARTS) is 1. The molecule has 0 unspecified atom stereocenters. The molecule has 0 radical (unpaired) electrons. The molecule has 0 rings (SSSR count). The van der Waals surface area contributed by atoms with Crippen molar-refractivity contribution in [2.45, 2.75) is 90.0 Å². The van der Waals surface area contributed by atoms with Crippen LogP contribution in [0.3, 0.4) is 0 Å². The summed E-state index contributed by atoms with van der Waals surface area (Å²) in [7, 11) is 0. The van der Waals surface area contributed by atoms with Gasteiger partial charge < -0.3 is 5.11 Å². The molecule has 0 bridgehead atoms. The SMILES string of the molecule is CCCCCCCCCCCCC[C@H](N=C=O)C(=O)O. The maximum atomic E-state index is 10.7. The van der Waals surface area contributed by atoms with E-state index in [4.69, 9.17) is 5.11 Å². The number of carbonyl (C=O) groups is 1. The summed E-state index contributed by atoms with van der Waals surface area (Å²) >= 11 is 0. The van der Waals surface area contributed by atoms with E-state index in [1.165, 1.54) is 57.4 Å². The van der Waals surface area contributed by atoms with Crippen molar-refractivity contribution in [3.05, 3.63) is 0 Å². The van der Waals surface area contributed by atoms with Gasteiger partial charge in [-0.05, 0) is 6.42 Å². The lowest BCUT2D eigenvalue weighted by Gasteiger charge is -2.05. The Hall–Kier alpha value is -1.15. The van der Waals surface area contributed by atoms with Gasteiger partial charge in [0.1, 0.15) is 0 Å². The molecule has 0 fully saturated rings. The van der Waals surface area contributed by atoms with E-state index in [0.29, 0.717) is 6.42 Å². The number of hydrogen-bond donors (Lipinski definition) is 1. The molecule has 0 amide bonds. The van der Waals surface area contributed by atoms with Crippen molar-refractivity contribution in [2.24, 2.45) is 4.99 Å². The molecule has 0 aliphatic rings. The molecule has 0 aromatic heterocycles. The number of carboxylic acids is 1. The summed E-state index contributed by atoms with van der Waals surface area (Å²) in [6.45, 7) is 2.23. The van der Waals surface area contributed by atoms with E-state index in [-0.39, 0.29) is 0 Å². The zero-order valence-corrected chi connectivity index (χ0v) is 12.8. The number of aliphatic imine (C=N–C) groups is 1. The zero-order valence-electron chi connectivity index (χ0n) is 12.8. The van der Waals surface area contributed by atoms with Gasteiger partial charge in [-0.1, -0.05) is 77.6 Å². The average molecular weight is 283 g/mol. The second kappa shape index (κ2) is 14.3. The monoisotopic (exact) mass is 283 g/mol. The maximum absolute atomic E-state index is 10.7. The van der Waals surface area contributed by atoms with Crippen molar-refractivity contribution in [3.8, 4) is 0 Å². The van der Waals surface area contributed by atoms with Crippen LogP contribution >= 0.6 is 0 Å². The van der Waals surface area contributed by atoms with E-state index in [2.05, 4.69) is 11.9 Å². The molecule has 0 heterocycles. The van der Waals surface area contributed by atoms with Gasteiger partial charge >= 0.3 is 5.97 Å². The van der Waals surface area contributed by atoms with Crippen molar-refractivity contribution in [2.75, 3.05) is 0 Å². The van der Waals surface area contributed by atoms with Gasteiger partial charge in [-0.3, -0.25) is 0 Å². The minimum absolute atomic E-state index is 0.446. The summed E-state index contributed by atoms with van der Waals surface area (Å²) < 4.78 is 0. The van der Waals surface area contributed by atoms with Crippen LogP contribution in [0.5, 0.6) is 0 Å². The molecule has 1 N–H and O–H groups in total. The van der Waals surface area contributed by atoms with Crippen molar-refractivity contribution in [3.63, 3.8) is 0 Å². The van der Waals surface area contributed by atoms with Gasteiger partial charge in [-0.25, -0.2) is 9.59 Å². The number of aliphatic carboxylic acids is 1. The van der Waals surface area contributed by atoms with Crippen LogP contribution in [0.4, 0.5) is 0 Å². The molecule has 1 atom stereocenters. The van der Waals surface area contributed by atoms with Gasteiger partial charge in [-0.15, -0.1) is 0 Å². The number of unbranched alkanes of at least 4 members (excludes halogenated alkanes) is 10. The first-order chi connectivity index (χ1) is 9.72. The molecule has 116 valence electrons. The molecule has 0 aliphatic carbocycles. The van der Waals surface area contributed by atoms with Crippen LogP contribution in [0.15, 0.2) is 4.99 Å². The van der Waals surface area contributed by atoms with E-state index >= 15 is 0 Å². The van der Waals surface area contributed by atoms with Crippen LogP contribution in [-0.2, 0) is 9.59 Å². The molecule has 0 saturated heterocycles. The summed E-state index contributed by atoms with van der Waals surface area (Å²) in [5, 5.41) is 8.79. The van der Waals surface area contributed by atoms with Gasteiger partial charge in [0.2, 0.25) is 6.08 Å². The maximum Gasteiger partial charge on any atom is 0.329 e. The Morgan fingerprint density at radius 1 is 0.950 bits per heavy atom. The number of nitrogens with zero attached hydrogens (tertiary/aromatic N) is 1. The molecular weight excluding hydrogens is 254 g/mol. The summed E-state index contributed by atoms with van der Waals surface area (Å²) in [5.74, 6) is -1.03. The quantitative estimate of drug-likeness (QED) is 0.290. The zero-order chi connectivity index (χ0) is 15.1. The largest absolute Gasteiger partial charge is 0.480 e. The van der Waals surface area contributed by atoms with Crippen molar-refractivity contribution in [1.29, 1.82) is 0 Å². The first-order valence-electron chi connectivity index (χ1n) is 8.02. The molecule has 4 heteroatoms. The number of carbonyl (C=O) groups excluding carboxylic acids is 1. The lowest BCUT2D eigenvalue weighted by atomic mass is 10.0. The Morgan fingerprint density at radius 3 is 1.80 bits per heavy atom. The summed E-state index contributed by atoms with van der Waals surface area (Å²) in [5.41, 5.74) is 0. The Bertz CT molecular complexity index is 283. The van der Waals surface area contributed by atoms with Crippen LogP contribution in [0.1, 0.15) is 84.0 Å². The highest BCUT2D eigenvalue weighted by Gasteiger charge is 2.14. The fourth-order valence-electron chi connectivity index (χ4n) is 2.31. The van der Waals surface area contributed by atoms with Gasteiger partial charge in [0.05, 0.1) is 0 Å². The predicted octanol–water partition coefficient (Wildman–Crippen LogP) is 4.48. The summed E-state index contributed by atoms with van der Waals surface area (Å²) in [6, 6.07) is -0.897. The van der Waals surface area contributed by atoms with Gasteiger partial charge in [0.25, 0.3) is 0 Å².